The van der Waals surface area contributed by atoms with Crippen LogP contribution in [0.1, 0.15) is 44.4 Å². The Hall–Kier alpha value is -3.08. The van der Waals surface area contributed by atoms with Crippen molar-refractivity contribution in [1.29, 1.82) is 0 Å². The molecule has 0 radical (unpaired) electrons. The van der Waals surface area contributed by atoms with E-state index >= 15 is 0 Å². The number of primary amides is 1. The van der Waals surface area contributed by atoms with Crippen LogP contribution in [0.15, 0.2) is 42.0 Å². The number of nitrogens with two attached hydrogens (primary N) is 1. The fourth-order valence-corrected chi connectivity index (χ4v) is 3.06. The molecule has 4 N–H and O–H groups in total. The van der Waals surface area contributed by atoms with E-state index in [-0.39, 0.29) is 5.91 Å². The summed E-state index contributed by atoms with van der Waals surface area (Å²) in [5.41, 5.74) is 12.3. The second-order valence-corrected chi connectivity index (χ2v) is 7.82. The molecule has 0 bridgehead atoms. The number of rotatable bonds is 7. The van der Waals surface area contributed by atoms with Gasteiger partial charge in [0.05, 0.1) is 0 Å². The first-order valence-electron chi connectivity index (χ1n) is 9.85. The highest BCUT2D eigenvalue weighted by Crippen LogP contribution is 2.28. The smallest absolute Gasteiger partial charge is 0.247 e. The average molecular weight is 394 g/mol. The molecule has 29 heavy (non-hydrogen) atoms. The summed E-state index contributed by atoms with van der Waals surface area (Å²) in [6.45, 7) is 11.6. The Morgan fingerprint density at radius 2 is 1.62 bits per heavy atom. The highest BCUT2D eigenvalue weighted by Gasteiger charge is 2.14. The summed E-state index contributed by atoms with van der Waals surface area (Å²) in [7, 11) is 0. The molecule has 0 aromatic heterocycles. The molecule has 2 aromatic carbocycles. The van der Waals surface area contributed by atoms with Gasteiger partial charge >= 0.3 is 0 Å². The highest BCUT2D eigenvalue weighted by atomic mass is 16.2. The van der Waals surface area contributed by atoms with Gasteiger partial charge in [-0.1, -0.05) is 24.3 Å². The number of nitrogens with one attached hydrogen (secondary N) is 2. The van der Waals surface area contributed by atoms with Gasteiger partial charge in [-0.05, 0) is 87.6 Å². The molecule has 154 valence electrons. The van der Waals surface area contributed by atoms with Gasteiger partial charge in [0.2, 0.25) is 11.8 Å². The third-order valence-electron chi connectivity index (χ3n) is 4.77. The van der Waals surface area contributed by atoms with Gasteiger partial charge in [0.25, 0.3) is 0 Å². The Balaban J connectivity index is 2.27. The maximum absolute atomic E-state index is 12.3. The number of anilines is 1. The van der Waals surface area contributed by atoms with E-state index in [9.17, 15) is 9.59 Å². The minimum Gasteiger partial charge on any atom is -0.383 e. The van der Waals surface area contributed by atoms with Crippen LogP contribution in [-0.2, 0) is 9.59 Å². The number of aryl methyl sites for hydroxylation is 2. The quantitative estimate of drug-likeness (QED) is 0.617. The van der Waals surface area contributed by atoms with Crippen molar-refractivity contribution in [1.82, 2.24) is 5.32 Å². The number of amides is 2. The van der Waals surface area contributed by atoms with E-state index in [4.69, 9.17) is 5.73 Å². The highest BCUT2D eigenvalue weighted by molar-refractivity contribution is 5.99. The van der Waals surface area contributed by atoms with Gasteiger partial charge < -0.3 is 16.4 Å². The maximum atomic E-state index is 12.3. The van der Waals surface area contributed by atoms with E-state index in [0.717, 1.165) is 27.9 Å². The molecule has 1 atom stereocenters. The van der Waals surface area contributed by atoms with Crippen molar-refractivity contribution in [2.24, 2.45) is 5.73 Å². The van der Waals surface area contributed by atoms with E-state index in [0.29, 0.717) is 11.6 Å². The Morgan fingerprint density at radius 3 is 2.17 bits per heavy atom. The summed E-state index contributed by atoms with van der Waals surface area (Å²) >= 11 is 0. The zero-order valence-corrected chi connectivity index (χ0v) is 18.1. The lowest BCUT2D eigenvalue weighted by Gasteiger charge is -2.14. The molecule has 5 heteroatoms. The normalized spacial score (nSPS) is 12.6. The van der Waals surface area contributed by atoms with Crippen LogP contribution in [-0.4, -0.2) is 23.9 Å². The first kappa shape index (κ1) is 22.2. The molecule has 5 nitrogen and oxygen atoms in total. The maximum Gasteiger partial charge on any atom is 0.247 e. The predicted molar refractivity (Wildman–Crippen MR) is 121 cm³/mol. The molecule has 0 spiro atoms. The molecule has 0 unspecified atom stereocenters. The number of carbonyl (C=O) groups is 2. The van der Waals surface area contributed by atoms with Crippen molar-refractivity contribution < 1.29 is 9.59 Å². The Morgan fingerprint density at radius 1 is 1.00 bits per heavy atom. The molecular formula is C24H31N3O2. The van der Waals surface area contributed by atoms with E-state index in [1.54, 1.807) is 13.8 Å². The van der Waals surface area contributed by atoms with Gasteiger partial charge in [-0.2, -0.15) is 0 Å². The van der Waals surface area contributed by atoms with Crippen LogP contribution in [0.5, 0.6) is 0 Å². The van der Waals surface area contributed by atoms with Crippen LogP contribution in [0, 0.1) is 13.8 Å². The molecule has 2 rings (SSSR count). The largest absolute Gasteiger partial charge is 0.383 e. The molecule has 2 aromatic rings. The summed E-state index contributed by atoms with van der Waals surface area (Å²) in [4.78, 5) is 23.4. The van der Waals surface area contributed by atoms with Crippen LogP contribution in [0.2, 0.25) is 0 Å². The van der Waals surface area contributed by atoms with Crippen molar-refractivity contribution in [3.63, 3.8) is 0 Å². The second kappa shape index (κ2) is 9.41. The first-order chi connectivity index (χ1) is 13.6. The van der Waals surface area contributed by atoms with Gasteiger partial charge in [-0.15, -0.1) is 0 Å². The van der Waals surface area contributed by atoms with Crippen LogP contribution in [0.3, 0.4) is 0 Å². The fraction of sp³-hybridized carbons (Fsp3) is 0.333. The lowest BCUT2D eigenvalue weighted by atomic mass is 9.94. The average Bonchev–Trinajstić information content (AvgIpc) is 2.64. The summed E-state index contributed by atoms with van der Waals surface area (Å²) in [6, 6.07) is 12.3. The van der Waals surface area contributed by atoms with Crippen molar-refractivity contribution in [2.75, 3.05) is 5.32 Å². The van der Waals surface area contributed by atoms with Crippen LogP contribution < -0.4 is 16.4 Å². The van der Waals surface area contributed by atoms with Gasteiger partial charge in [-0.25, -0.2) is 0 Å². The molecule has 0 aliphatic heterocycles. The SMILES string of the molecule is C/C(=C\c1cc(C)c(-c2ccc(NC(C)C)cc2)cc1C)C(=O)N[C@H](C)C(N)=O. The van der Waals surface area contributed by atoms with Crippen molar-refractivity contribution in [3.05, 3.63) is 58.7 Å². The number of hydrogen-bond acceptors (Lipinski definition) is 3. The third kappa shape index (κ3) is 5.95. The minimum atomic E-state index is -0.704. The molecule has 0 saturated heterocycles. The van der Waals surface area contributed by atoms with Crippen molar-refractivity contribution in [3.8, 4) is 11.1 Å². The summed E-state index contributed by atoms with van der Waals surface area (Å²) < 4.78 is 0. The van der Waals surface area contributed by atoms with Crippen LogP contribution >= 0.6 is 0 Å². The zero-order chi connectivity index (χ0) is 21.7. The molecule has 0 fully saturated rings. The monoisotopic (exact) mass is 393 g/mol. The van der Waals surface area contributed by atoms with Crippen molar-refractivity contribution >= 4 is 23.6 Å². The number of benzene rings is 2. The Labute approximate surface area is 173 Å². The first-order valence-corrected chi connectivity index (χ1v) is 9.85. The van der Waals surface area contributed by atoms with Crippen LogP contribution in [0.4, 0.5) is 5.69 Å². The number of hydrogen-bond donors (Lipinski definition) is 3. The lowest BCUT2D eigenvalue weighted by molar-refractivity contribution is -0.124. The molecular weight excluding hydrogens is 362 g/mol. The number of carbonyl (C=O) groups excluding carboxylic acids is 2. The lowest BCUT2D eigenvalue weighted by Crippen LogP contribution is -2.42. The molecule has 0 saturated carbocycles. The van der Waals surface area contributed by atoms with E-state index < -0.39 is 11.9 Å². The van der Waals surface area contributed by atoms with Gasteiger partial charge in [-0.3, -0.25) is 9.59 Å². The Kier molecular flexibility index (Phi) is 7.21. The standard InChI is InChI=1S/C24H31N3O2/c1-14(2)26-21-9-7-19(8-10-21)22-13-15(3)20(11-16(22)4)12-17(5)24(29)27-18(6)23(25)28/h7-14,18,26H,1-6H3,(H2,25,28)(H,27,29)/b17-12+/t18-/m1/s1. The summed E-state index contributed by atoms with van der Waals surface area (Å²) in [5.74, 6) is -0.859. The fourth-order valence-electron chi connectivity index (χ4n) is 3.06. The predicted octanol–water partition coefficient (Wildman–Crippen LogP) is 4.18. The summed E-state index contributed by atoms with van der Waals surface area (Å²) in [5, 5.41) is 6.00. The van der Waals surface area contributed by atoms with E-state index in [1.165, 1.54) is 5.56 Å². The minimum absolute atomic E-state index is 0.300. The molecule has 2 amide bonds. The zero-order valence-electron chi connectivity index (χ0n) is 18.1. The Bertz CT molecular complexity index is 928. The van der Waals surface area contributed by atoms with Crippen molar-refractivity contribution in [2.45, 2.75) is 53.6 Å². The van der Waals surface area contributed by atoms with Gasteiger partial charge in [0, 0.05) is 17.3 Å². The topological polar surface area (TPSA) is 84.2 Å². The molecule has 0 heterocycles. The molecule has 0 aliphatic rings. The summed E-state index contributed by atoms with van der Waals surface area (Å²) in [6.07, 6.45) is 1.84. The van der Waals surface area contributed by atoms with Gasteiger partial charge in [0.15, 0.2) is 0 Å². The van der Waals surface area contributed by atoms with E-state index in [2.05, 4.69) is 67.8 Å². The molecule has 0 aliphatic carbocycles. The van der Waals surface area contributed by atoms with Crippen LogP contribution in [0.25, 0.3) is 17.2 Å². The third-order valence-corrected chi connectivity index (χ3v) is 4.77. The van der Waals surface area contributed by atoms with E-state index in [1.807, 2.05) is 13.0 Å². The van der Waals surface area contributed by atoms with Gasteiger partial charge in [0.1, 0.15) is 6.04 Å². The second-order valence-electron chi connectivity index (χ2n) is 7.82.